The van der Waals surface area contributed by atoms with Gasteiger partial charge in [0.1, 0.15) is 12.1 Å². The van der Waals surface area contributed by atoms with E-state index >= 15 is 0 Å². The molecule has 3 aromatic carbocycles. The summed E-state index contributed by atoms with van der Waals surface area (Å²) in [5, 5.41) is 19.1. The number of aromatic nitrogens is 4. The molecule has 0 saturated carbocycles. The van der Waals surface area contributed by atoms with Crippen LogP contribution < -0.4 is 16.0 Å². The second-order valence-electron chi connectivity index (χ2n) is 6.69. The van der Waals surface area contributed by atoms with E-state index in [1.165, 1.54) is 29.2 Å². The number of nitrogens with one attached hydrogen (secondary N) is 3. The number of rotatable bonds is 7. The SMILES string of the molecule is O=C(CNc1cc(-n2cnnn2)ccc1F)Nc1ccccc1C(=O)Nc1ccccc1. The van der Waals surface area contributed by atoms with Crippen molar-refractivity contribution in [3.05, 3.63) is 90.5 Å². The molecule has 4 aromatic rings. The number of para-hydroxylation sites is 2. The van der Waals surface area contributed by atoms with Gasteiger partial charge in [-0.2, -0.15) is 0 Å². The Balaban J connectivity index is 1.42. The molecular formula is C22H18FN7O2. The third-order valence-corrected chi connectivity index (χ3v) is 4.48. The zero-order chi connectivity index (χ0) is 22.3. The number of anilines is 3. The maximum atomic E-state index is 14.2. The van der Waals surface area contributed by atoms with Crippen LogP contribution in [0.2, 0.25) is 0 Å². The Morgan fingerprint density at radius 1 is 0.906 bits per heavy atom. The molecule has 0 aliphatic rings. The molecule has 9 nitrogen and oxygen atoms in total. The Morgan fingerprint density at radius 2 is 1.69 bits per heavy atom. The Bertz CT molecular complexity index is 1230. The minimum Gasteiger partial charge on any atom is -0.374 e. The quantitative estimate of drug-likeness (QED) is 0.414. The van der Waals surface area contributed by atoms with Gasteiger partial charge in [0.15, 0.2) is 0 Å². The fourth-order valence-corrected chi connectivity index (χ4v) is 2.95. The standard InChI is InChI=1S/C22H18FN7O2/c23-18-11-10-16(30-14-25-28-29-30)12-20(18)24-13-21(31)27-19-9-5-4-8-17(19)22(32)26-15-6-2-1-3-7-15/h1-12,14,24H,13H2,(H,26,32)(H,27,31). The van der Waals surface area contributed by atoms with E-state index in [0.717, 1.165) is 0 Å². The fraction of sp³-hybridized carbons (Fsp3) is 0.0455. The molecule has 0 radical (unpaired) electrons. The Labute approximate surface area is 182 Å². The molecule has 1 aromatic heterocycles. The van der Waals surface area contributed by atoms with Crippen molar-refractivity contribution in [2.45, 2.75) is 0 Å². The summed E-state index contributed by atoms with van der Waals surface area (Å²) in [7, 11) is 0. The Kier molecular flexibility index (Phi) is 6.12. The Hall–Kier alpha value is -4.60. The first kappa shape index (κ1) is 20.7. The maximum absolute atomic E-state index is 14.2. The predicted octanol–water partition coefficient (Wildman–Crippen LogP) is 3.10. The molecule has 0 bridgehead atoms. The van der Waals surface area contributed by atoms with Crippen LogP contribution in [0.3, 0.4) is 0 Å². The van der Waals surface area contributed by atoms with Gasteiger partial charge in [-0.15, -0.1) is 5.10 Å². The van der Waals surface area contributed by atoms with E-state index in [-0.39, 0.29) is 18.1 Å². The Morgan fingerprint density at radius 3 is 2.47 bits per heavy atom. The van der Waals surface area contributed by atoms with Crippen LogP contribution in [0, 0.1) is 5.82 Å². The summed E-state index contributed by atoms with van der Waals surface area (Å²) in [6.07, 6.45) is 1.38. The van der Waals surface area contributed by atoms with E-state index in [1.807, 2.05) is 18.2 Å². The van der Waals surface area contributed by atoms with Crippen LogP contribution in [-0.2, 0) is 4.79 Å². The monoisotopic (exact) mass is 431 g/mol. The highest BCUT2D eigenvalue weighted by atomic mass is 19.1. The molecule has 2 amide bonds. The summed E-state index contributed by atoms with van der Waals surface area (Å²) in [6.45, 7) is -0.218. The van der Waals surface area contributed by atoms with Crippen LogP contribution in [-0.4, -0.2) is 38.6 Å². The summed E-state index contributed by atoms with van der Waals surface area (Å²) < 4.78 is 15.5. The smallest absolute Gasteiger partial charge is 0.257 e. The third-order valence-electron chi connectivity index (χ3n) is 4.48. The van der Waals surface area contributed by atoms with Crippen molar-refractivity contribution < 1.29 is 14.0 Å². The van der Waals surface area contributed by atoms with Crippen LogP contribution in [0.25, 0.3) is 5.69 Å². The molecule has 0 unspecified atom stereocenters. The predicted molar refractivity (Wildman–Crippen MR) is 117 cm³/mol. The molecule has 0 saturated heterocycles. The second kappa shape index (κ2) is 9.47. The van der Waals surface area contributed by atoms with Crippen LogP contribution in [0.1, 0.15) is 10.4 Å². The number of carbonyl (C=O) groups is 2. The fourth-order valence-electron chi connectivity index (χ4n) is 2.95. The summed E-state index contributed by atoms with van der Waals surface area (Å²) in [5.74, 6) is -1.34. The molecule has 32 heavy (non-hydrogen) atoms. The number of hydrogen-bond acceptors (Lipinski definition) is 6. The van der Waals surface area contributed by atoms with Crippen LogP contribution in [0.5, 0.6) is 0 Å². The average Bonchev–Trinajstić information content (AvgIpc) is 3.34. The minimum absolute atomic E-state index is 0.114. The van der Waals surface area contributed by atoms with E-state index in [9.17, 15) is 14.0 Å². The van der Waals surface area contributed by atoms with Gasteiger partial charge in [0.2, 0.25) is 5.91 Å². The van der Waals surface area contributed by atoms with Crippen molar-refractivity contribution in [3.63, 3.8) is 0 Å². The van der Waals surface area contributed by atoms with Gasteiger partial charge >= 0.3 is 0 Å². The largest absolute Gasteiger partial charge is 0.374 e. The molecule has 1 heterocycles. The van der Waals surface area contributed by atoms with Crippen molar-refractivity contribution >= 4 is 28.9 Å². The van der Waals surface area contributed by atoms with E-state index in [2.05, 4.69) is 31.5 Å². The molecule has 4 rings (SSSR count). The van der Waals surface area contributed by atoms with E-state index in [0.29, 0.717) is 22.6 Å². The summed E-state index contributed by atoms with van der Waals surface area (Å²) in [6, 6.07) is 19.9. The number of nitrogens with zero attached hydrogens (tertiary/aromatic N) is 4. The lowest BCUT2D eigenvalue weighted by Crippen LogP contribution is -2.24. The topological polar surface area (TPSA) is 114 Å². The molecule has 0 aliphatic heterocycles. The van der Waals surface area contributed by atoms with E-state index < -0.39 is 11.7 Å². The highest BCUT2D eigenvalue weighted by Crippen LogP contribution is 2.19. The first-order valence-corrected chi connectivity index (χ1v) is 9.62. The van der Waals surface area contributed by atoms with Crippen molar-refractivity contribution in [2.24, 2.45) is 0 Å². The van der Waals surface area contributed by atoms with Gasteiger partial charge in [0.25, 0.3) is 5.91 Å². The number of carbonyl (C=O) groups excluding carboxylic acids is 2. The van der Waals surface area contributed by atoms with Crippen LogP contribution >= 0.6 is 0 Å². The van der Waals surface area contributed by atoms with E-state index in [1.54, 1.807) is 36.4 Å². The average molecular weight is 431 g/mol. The molecule has 3 N–H and O–H groups in total. The molecule has 10 heteroatoms. The highest BCUT2D eigenvalue weighted by Gasteiger charge is 2.14. The van der Waals surface area contributed by atoms with Crippen molar-refractivity contribution in [3.8, 4) is 5.69 Å². The number of hydrogen-bond donors (Lipinski definition) is 3. The lowest BCUT2D eigenvalue weighted by atomic mass is 10.1. The minimum atomic E-state index is -0.530. The molecule has 0 fully saturated rings. The highest BCUT2D eigenvalue weighted by molar-refractivity contribution is 6.10. The van der Waals surface area contributed by atoms with Gasteiger partial charge in [-0.25, -0.2) is 9.07 Å². The lowest BCUT2D eigenvalue weighted by Gasteiger charge is -2.13. The number of tetrazole rings is 1. The van der Waals surface area contributed by atoms with Gasteiger partial charge in [0, 0.05) is 5.69 Å². The van der Waals surface area contributed by atoms with Gasteiger partial charge < -0.3 is 16.0 Å². The molecule has 0 atom stereocenters. The molecular weight excluding hydrogens is 413 g/mol. The van der Waals surface area contributed by atoms with Crippen molar-refractivity contribution in [1.82, 2.24) is 20.2 Å². The van der Waals surface area contributed by atoms with Gasteiger partial charge in [0.05, 0.1) is 29.2 Å². The van der Waals surface area contributed by atoms with Gasteiger partial charge in [-0.05, 0) is 52.9 Å². The second-order valence-corrected chi connectivity index (χ2v) is 6.69. The molecule has 0 spiro atoms. The maximum Gasteiger partial charge on any atom is 0.257 e. The third kappa shape index (κ3) is 4.93. The van der Waals surface area contributed by atoms with Gasteiger partial charge in [-0.1, -0.05) is 30.3 Å². The number of benzene rings is 3. The van der Waals surface area contributed by atoms with E-state index in [4.69, 9.17) is 0 Å². The van der Waals surface area contributed by atoms with Crippen molar-refractivity contribution in [2.75, 3.05) is 22.5 Å². The van der Waals surface area contributed by atoms with Crippen LogP contribution in [0.4, 0.5) is 21.5 Å². The number of amides is 2. The first-order chi connectivity index (χ1) is 15.6. The zero-order valence-corrected chi connectivity index (χ0v) is 16.7. The molecule has 0 aliphatic carbocycles. The van der Waals surface area contributed by atoms with Crippen LogP contribution in [0.15, 0.2) is 79.1 Å². The summed E-state index contributed by atoms with van der Waals surface area (Å²) >= 11 is 0. The number of halogens is 1. The molecule has 160 valence electrons. The normalized spacial score (nSPS) is 10.4. The first-order valence-electron chi connectivity index (χ1n) is 9.62. The van der Waals surface area contributed by atoms with Crippen molar-refractivity contribution in [1.29, 1.82) is 0 Å². The summed E-state index contributed by atoms with van der Waals surface area (Å²) in [4.78, 5) is 25.1. The summed E-state index contributed by atoms with van der Waals surface area (Å²) in [5.41, 5.74) is 1.93. The van der Waals surface area contributed by atoms with Gasteiger partial charge in [-0.3, -0.25) is 9.59 Å². The lowest BCUT2D eigenvalue weighted by molar-refractivity contribution is -0.114. The zero-order valence-electron chi connectivity index (χ0n) is 16.7.